The molecule has 1 aromatic heterocycles. The molecule has 1 heterocycles. The van der Waals surface area contributed by atoms with E-state index in [-0.39, 0.29) is 17.4 Å². The van der Waals surface area contributed by atoms with E-state index in [1.165, 1.54) is 12.1 Å². The first-order valence-electron chi connectivity index (χ1n) is 9.39. The third-order valence-electron chi connectivity index (χ3n) is 4.87. The van der Waals surface area contributed by atoms with E-state index >= 15 is 0 Å². The maximum atomic E-state index is 13.0. The molecule has 0 fully saturated rings. The first kappa shape index (κ1) is 18.7. The second-order valence-electron chi connectivity index (χ2n) is 6.86. The number of aromatic nitrogens is 2. The van der Waals surface area contributed by atoms with Crippen molar-refractivity contribution < 1.29 is 9.18 Å². The maximum absolute atomic E-state index is 13.0. The minimum Gasteiger partial charge on any atom is -0.348 e. The lowest BCUT2D eigenvalue weighted by atomic mass is 10.1. The van der Waals surface area contributed by atoms with Crippen LogP contribution in [0, 0.1) is 5.82 Å². The van der Waals surface area contributed by atoms with Gasteiger partial charge in [0.2, 0.25) is 0 Å². The Morgan fingerprint density at radius 2 is 1.72 bits per heavy atom. The second-order valence-corrected chi connectivity index (χ2v) is 6.86. The van der Waals surface area contributed by atoms with Crippen molar-refractivity contribution in [3.05, 3.63) is 106 Å². The number of hydrogen-bond donors (Lipinski definition) is 2. The predicted molar refractivity (Wildman–Crippen MR) is 110 cm³/mol. The molecule has 1 amide bonds. The van der Waals surface area contributed by atoms with E-state index in [4.69, 9.17) is 0 Å². The summed E-state index contributed by atoms with van der Waals surface area (Å²) in [5, 5.41) is 2.81. The van der Waals surface area contributed by atoms with Gasteiger partial charge in [0.15, 0.2) is 0 Å². The lowest BCUT2D eigenvalue weighted by Gasteiger charge is -2.07. The molecule has 4 aromatic rings. The fraction of sp³-hybridized carbons (Fsp3) is 0.130. The molecule has 146 valence electrons. The largest absolute Gasteiger partial charge is 0.348 e. The molecule has 0 spiro atoms. The minimum atomic E-state index is -0.314. The Bertz CT molecular complexity index is 1190. The summed E-state index contributed by atoms with van der Waals surface area (Å²) in [6.07, 6.45) is 0.744. The lowest BCUT2D eigenvalue weighted by molar-refractivity contribution is 0.0951. The number of halogens is 1. The van der Waals surface area contributed by atoms with Crippen LogP contribution >= 0.6 is 0 Å². The molecular formula is C23H20FN3O2. The van der Waals surface area contributed by atoms with Crippen molar-refractivity contribution >= 4 is 16.9 Å². The molecule has 0 aliphatic rings. The summed E-state index contributed by atoms with van der Waals surface area (Å²) < 4.78 is 14.6. The summed E-state index contributed by atoms with van der Waals surface area (Å²) in [6.45, 7) is 0.852. The number of nitrogens with zero attached hydrogens (tertiary/aromatic N) is 1. The Kier molecular flexibility index (Phi) is 5.24. The number of amides is 1. The first-order valence-corrected chi connectivity index (χ1v) is 9.39. The van der Waals surface area contributed by atoms with E-state index in [0.717, 1.165) is 23.1 Å². The van der Waals surface area contributed by atoms with Gasteiger partial charge in [-0.2, -0.15) is 0 Å². The fourth-order valence-electron chi connectivity index (χ4n) is 3.30. The van der Waals surface area contributed by atoms with Gasteiger partial charge >= 0.3 is 5.69 Å². The van der Waals surface area contributed by atoms with Gasteiger partial charge in [-0.15, -0.1) is 0 Å². The number of nitrogens with one attached hydrogen (secondary N) is 2. The van der Waals surface area contributed by atoms with Gasteiger partial charge in [0.25, 0.3) is 5.91 Å². The third kappa shape index (κ3) is 4.27. The lowest BCUT2D eigenvalue weighted by Crippen LogP contribution is -2.22. The van der Waals surface area contributed by atoms with Crippen molar-refractivity contribution in [3.63, 3.8) is 0 Å². The fourth-order valence-corrected chi connectivity index (χ4v) is 3.30. The van der Waals surface area contributed by atoms with Crippen LogP contribution in [0.1, 0.15) is 21.5 Å². The molecule has 0 aliphatic carbocycles. The SMILES string of the molecule is O=C(NCc1ccc(F)cc1)c1ccc2c(c1)[nH]c(=O)n2CCc1ccccc1. The molecule has 0 saturated carbocycles. The molecule has 0 radical (unpaired) electrons. The zero-order chi connectivity index (χ0) is 20.2. The summed E-state index contributed by atoms with van der Waals surface area (Å²) in [6, 6.07) is 21.1. The second kappa shape index (κ2) is 8.14. The van der Waals surface area contributed by atoms with E-state index in [9.17, 15) is 14.0 Å². The van der Waals surface area contributed by atoms with E-state index < -0.39 is 0 Å². The number of imidazole rings is 1. The van der Waals surface area contributed by atoms with Crippen LogP contribution in [0.4, 0.5) is 4.39 Å². The number of carbonyl (C=O) groups is 1. The van der Waals surface area contributed by atoms with E-state index in [1.807, 2.05) is 30.3 Å². The number of benzene rings is 3. The molecule has 4 rings (SSSR count). The first-order chi connectivity index (χ1) is 14.1. The molecule has 0 unspecified atom stereocenters. The minimum absolute atomic E-state index is 0.195. The van der Waals surface area contributed by atoms with Gasteiger partial charge in [-0.1, -0.05) is 42.5 Å². The average Bonchev–Trinajstić information content (AvgIpc) is 3.06. The van der Waals surface area contributed by atoms with Crippen molar-refractivity contribution in [2.45, 2.75) is 19.5 Å². The molecule has 3 aromatic carbocycles. The van der Waals surface area contributed by atoms with Crippen LogP contribution in [-0.2, 0) is 19.5 Å². The van der Waals surface area contributed by atoms with Crippen LogP contribution in [0.25, 0.3) is 11.0 Å². The Hall–Kier alpha value is -3.67. The Balaban J connectivity index is 1.48. The van der Waals surface area contributed by atoms with Gasteiger partial charge < -0.3 is 10.3 Å². The Morgan fingerprint density at radius 1 is 0.966 bits per heavy atom. The molecule has 0 atom stereocenters. The van der Waals surface area contributed by atoms with Crippen LogP contribution in [0.15, 0.2) is 77.6 Å². The van der Waals surface area contributed by atoms with Crippen LogP contribution in [0.3, 0.4) is 0 Å². The van der Waals surface area contributed by atoms with Gasteiger partial charge in [0.05, 0.1) is 11.0 Å². The van der Waals surface area contributed by atoms with E-state index in [1.54, 1.807) is 34.9 Å². The highest BCUT2D eigenvalue weighted by molar-refractivity contribution is 5.97. The average molecular weight is 389 g/mol. The summed E-state index contributed by atoms with van der Waals surface area (Å²) in [5.74, 6) is -0.569. The summed E-state index contributed by atoms with van der Waals surface area (Å²) in [4.78, 5) is 27.6. The van der Waals surface area contributed by atoms with Gasteiger partial charge in [-0.05, 0) is 47.9 Å². The highest BCUT2D eigenvalue weighted by atomic mass is 19.1. The molecule has 5 nitrogen and oxygen atoms in total. The van der Waals surface area contributed by atoms with Crippen LogP contribution in [0.5, 0.6) is 0 Å². The van der Waals surface area contributed by atoms with Crippen molar-refractivity contribution in [2.75, 3.05) is 0 Å². The van der Waals surface area contributed by atoms with Gasteiger partial charge in [0.1, 0.15) is 5.82 Å². The quantitative estimate of drug-likeness (QED) is 0.529. The predicted octanol–water partition coefficient (Wildman–Crippen LogP) is 3.64. The molecule has 0 bridgehead atoms. The zero-order valence-electron chi connectivity index (χ0n) is 15.7. The molecule has 6 heteroatoms. The zero-order valence-corrected chi connectivity index (χ0v) is 15.7. The highest BCUT2D eigenvalue weighted by Crippen LogP contribution is 2.14. The monoisotopic (exact) mass is 389 g/mol. The Morgan fingerprint density at radius 3 is 2.48 bits per heavy atom. The van der Waals surface area contributed by atoms with Crippen LogP contribution < -0.4 is 11.0 Å². The summed E-state index contributed by atoms with van der Waals surface area (Å²) >= 11 is 0. The number of fused-ring (bicyclic) bond motifs is 1. The molecular weight excluding hydrogens is 369 g/mol. The van der Waals surface area contributed by atoms with Crippen molar-refractivity contribution in [1.29, 1.82) is 0 Å². The van der Waals surface area contributed by atoms with Crippen LogP contribution in [-0.4, -0.2) is 15.5 Å². The number of aryl methyl sites for hydroxylation is 2. The number of carbonyl (C=O) groups excluding carboxylic acids is 1. The van der Waals surface area contributed by atoms with E-state index in [0.29, 0.717) is 24.2 Å². The van der Waals surface area contributed by atoms with Gasteiger partial charge in [-0.25, -0.2) is 9.18 Å². The highest BCUT2D eigenvalue weighted by Gasteiger charge is 2.11. The normalized spacial score (nSPS) is 10.9. The number of H-pyrrole nitrogens is 1. The third-order valence-corrected chi connectivity index (χ3v) is 4.87. The van der Waals surface area contributed by atoms with Gasteiger partial charge in [0, 0.05) is 18.7 Å². The van der Waals surface area contributed by atoms with E-state index in [2.05, 4.69) is 10.3 Å². The number of hydrogen-bond acceptors (Lipinski definition) is 2. The molecule has 2 N–H and O–H groups in total. The van der Waals surface area contributed by atoms with Crippen molar-refractivity contribution in [3.8, 4) is 0 Å². The Labute approximate surface area is 166 Å². The topological polar surface area (TPSA) is 66.9 Å². The van der Waals surface area contributed by atoms with Crippen molar-refractivity contribution in [2.24, 2.45) is 0 Å². The standard InChI is InChI=1S/C23H20FN3O2/c24-19-9-6-17(7-10-19)15-25-22(28)18-8-11-21-20(14-18)26-23(29)27(21)13-12-16-4-2-1-3-5-16/h1-11,14H,12-13,15H2,(H,25,28)(H,26,29). The van der Waals surface area contributed by atoms with Crippen LogP contribution in [0.2, 0.25) is 0 Å². The molecule has 0 aliphatic heterocycles. The molecule has 29 heavy (non-hydrogen) atoms. The van der Waals surface area contributed by atoms with Gasteiger partial charge in [-0.3, -0.25) is 9.36 Å². The smallest absolute Gasteiger partial charge is 0.326 e. The van der Waals surface area contributed by atoms with Crippen molar-refractivity contribution in [1.82, 2.24) is 14.9 Å². The number of aromatic amines is 1. The summed E-state index contributed by atoms with van der Waals surface area (Å²) in [7, 11) is 0. The maximum Gasteiger partial charge on any atom is 0.326 e. The number of rotatable bonds is 6. The molecule has 0 saturated heterocycles. The summed E-state index contributed by atoms with van der Waals surface area (Å²) in [5.41, 5.74) is 3.61.